The van der Waals surface area contributed by atoms with Crippen molar-refractivity contribution < 1.29 is 5.21 Å². The number of rotatable bonds is 9. The van der Waals surface area contributed by atoms with Crippen molar-refractivity contribution in [3.05, 3.63) is 72.8 Å². The van der Waals surface area contributed by atoms with Gasteiger partial charge in [-0.1, -0.05) is 75.4 Å². The van der Waals surface area contributed by atoms with E-state index in [2.05, 4.69) is 47.9 Å². The quantitative estimate of drug-likeness (QED) is 0.236. The largest absolute Gasteiger partial charge is 0.340 e. The number of nitrogens with zero attached hydrogens (tertiary/aromatic N) is 2. The predicted molar refractivity (Wildman–Crippen MR) is 123 cm³/mol. The molecule has 0 saturated heterocycles. The first-order chi connectivity index (χ1) is 14.3. The van der Waals surface area contributed by atoms with Crippen molar-refractivity contribution in [3.8, 4) is 0 Å². The van der Waals surface area contributed by atoms with Crippen LogP contribution in [0.5, 0.6) is 0 Å². The highest BCUT2D eigenvalue weighted by molar-refractivity contribution is 6.09. The molecule has 4 rings (SSSR count). The highest BCUT2D eigenvalue weighted by Gasteiger charge is 2.13. The van der Waals surface area contributed by atoms with Gasteiger partial charge in [0.05, 0.1) is 11.4 Å². The number of hydrogen-bond donors (Lipinski definition) is 1. The zero-order valence-electron chi connectivity index (χ0n) is 17.2. The molecule has 150 valence electrons. The Hall–Kier alpha value is -2.78. The molecule has 1 aromatic heterocycles. The van der Waals surface area contributed by atoms with Crippen LogP contribution in [-0.2, 0) is 6.54 Å². The maximum absolute atomic E-state index is 10.7. The van der Waals surface area contributed by atoms with Gasteiger partial charge in [0.1, 0.15) is 0 Å². The minimum absolute atomic E-state index is 0.766. The normalized spacial score (nSPS) is 11.4. The Morgan fingerprint density at radius 2 is 1.38 bits per heavy atom. The summed E-state index contributed by atoms with van der Waals surface area (Å²) in [5.41, 5.74) is 4.07. The molecule has 0 fully saturated rings. The Kier molecular flexibility index (Phi) is 6.16. The Morgan fingerprint density at radius 1 is 0.690 bits per heavy atom. The summed E-state index contributed by atoms with van der Waals surface area (Å²) in [4.78, 5) is 0. The number of aromatic nitrogens is 1. The van der Waals surface area contributed by atoms with Gasteiger partial charge in [-0.2, -0.15) is 0 Å². The van der Waals surface area contributed by atoms with E-state index in [1.807, 2.05) is 36.4 Å². The van der Waals surface area contributed by atoms with Crippen molar-refractivity contribution in [2.75, 3.05) is 5.06 Å². The first-order valence-electron chi connectivity index (χ1n) is 10.8. The number of fused-ring (bicyclic) bond motifs is 3. The molecule has 3 heteroatoms. The average molecular weight is 387 g/mol. The van der Waals surface area contributed by atoms with Crippen LogP contribution in [0.2, 0.25) is 0 Å². The highest BCUT2D eigenvalue weighted by Crippen LogP contribution is 2.34. The highest BCUT2D eigenvalue weighted by atomic mass is 16.5. The van der Waals surface area contributed by atoms with Gasteiger partial charge in [-0.3, -0.25) is 5.21 Å². The fourth-order valence-electron chi connectivity index (χ4n) is 4.18. The summed E-state index contributed by atoms with van der Waals surface area (Å²) in [7, 11) is 0. The van der Waals surface area contributed by atoms with E-state index in [9.17, 15) is 5.21 Å². The summed E-state index contributed by atoms with van der Waals surface area (Å²) in [5.74, 6) is 0. The zero-order valence-corrected chi connectivity index (χ0v) is 17.2. The first-order valence-corrected chi connectivity index (χ1v) is 10.8. The van der Waals surface area contributed by atoms with Gasteiger partial charge in [0.2, 0.25) is 0 Å². The van der Waals surface area contributed by atoms with Crippen molar-refractivity contribution in [1.29, 1.82) is 0 Å². The SMILES string of the molecule is CCCCCCCCn1c2ccccc2c2cc(N(O)c3ccccc3)ccc21. The van der Waals surface area contributed by atoms with Crippen LogP contribution in [-0.4, -0.2) is 9.77 Å². The van der Waals surface area contributed by atoms with Gasteiger partial charge in [0.15, 0.2) is 0 Å². The summed E-state index contributed by atoms with van der Waals surface area (Å²) in [5, 5.41) is 14.4. The second-order valence-electron chi connectivity index (χ2n) is 7.79. The molecule has 29 heavy (non-hydrogen) atoms. The molecule has 0 spiro atoms. The molecule has 0 aliphatic rings. The van der Waals surface area contributed by atoms with Crippen molar-refractivity contribution >= 4 is 33.2 Å². The van der Waals surface area contributed by atoms with Crippen LogP contribution < -0.4 is 5.06 Å². The molecular formula is C26H30N2O. The summed E-state index contributed by atoms with van der Waals surface area (Å²) in [6.07, 6.45) is 7.79. The van der Waals surface area contributed by atoms with E-state index in [1.54, 1.807) is 0 Å². The number of benzene rings is 3. The molecule has 0 saturated carbocycles. The second-order valence-corrected chi connectivity index (χ2v) is 7.79. The molecular weight excluding hydrogens is 356 g/mol. The summed E-state index contributed by atoms with van der Waals surface area (Å²) >= 11 is 0. The number of anilines is 2. The van der Waals surface area contributed by atoms with E-state index in [-0.39, 0.29) is 0 Å². The maximum Gasteiger partial charge on any atom is 0.0700 e. The number of aryl methyl sites for hydroxylation is 1. The van der Waals surface area contributed by atoms with Crippen molar-refractivity contribution in [2.24, 2.45) is 0 Å². The molecule has 4 aromatic rings. The minimum Gasteiger partial charge on any atom is -0.340 e. The van der Waals surface area contributed by atoms with Crippen molar-refractivity contribution in [1.82, 2.24) is 4.57 Å². The lowest BCUT2D eigenvalue weighted by molar-refractivity contribution is 0.301. The standard InChI is InChI=1S/C26H30N2O/c1-2-3-4-5-6-12-19-27-25-16-11-10-15-23(25)24-20-22(17-18-26(24)27)28(29)21-13-8-7-9-14-21/h7-11,13-18,20,29H,2-6,12,19H2,1H3. The number of unbranched alkanes of at least 4 members (excludes halogenated alkanes) is 5. The third kappa shape index (κ3) is 4.15. The Labute approximate surface area is 173 Å². The fraction of sp³-hybridized carbons (Fsp3) is 0.308. The summed E-state index contributed by atoms with van der Waals surface area (Å²) in [6, 6.07) is 24.5. The summed E-state index contributed by atoms with van der Waals surface area (Å²) < 4.78 is 2.44. The van der Waals surface area contributed by atoms with E-state index >= 15 is 0 Å². The lowest BCUT2D eigenvalue weighted by Crippen LogP contribution is -2.10. The van der Waals surface area contributed by atoms with E-state index in [4.69, 9.17) is 0 Å². The third-order valence-electron chi connectivity index (χ3n) is 5.74. The molecule has 0 atom stereocenters. The molecule has 0 amide bonds. The monoisotopic (exact) mass is 386 g/mol. The maximum atomic E-state index is 10.7. The zero-order chi connectivity index (χ0) is 20.1. The fourth-order valence-corrected chi connectivity index (χ4v) is 4.18. The van der Waals surface area contributed by atoms with Gasteiger partial charge >= 0.3 is 0 Å². The van der Waals surface area contributed by atoms with Gasteiger partial charge in [-0.25, -0.2) is 5.06 Å². The van der Waals surface area contributed by atoms with Crippen molar-refractivity contribution in [2.45, 2.75) is 52.0 Å². The first kappa shape index (κ1) is 19.5. The van der Waals surface area contributed by atoms with Crippen LogP contribution in [0, 0.1) is 0 Å². The Morgan fingerprint density at radius 3 is 2.21 bits per heavy atom. The van der Waals surface area contributed by atoms with Crippen LogP contribution in [0.3, 0.4) is 0 Å². The summed E-state index contributed by atoms with van der Waals surface area (Å²) in [6.45, 7) is 3.30. The van der Waals surface area contributed by atoms with Crippen molar-refractivity contribution in [3.63, 3.8) is 0 Å². The van der Waals surface area contributed by atoms with Crippen LogP contribution in [0.15, 0.2) is 72.8 Å². The number of hydrogen-bond acceptors (Lipinski definition) is 2. The van der Waals surface area contributed by atoms with E-state index in [0.29, 0.717) is 0 Å². The molecule has 3 nitrogen and oxygen atoms in total. The number of para-hydroxylation sites is 2. The molecule has 1 N–H and O–H groups in total. The topological polar surface area (TPSA) is 28.4 Å². The van der Waals surface area contributed by atoms with Gasteiger partial charge in [0.25, 0.3) is 0 Å². The van der Waals surface area contributed by atoms with Gasteiger partial charge in [-0.05, 0) is 42.8 Å². The Bertz CT molecular complexity index is 1070. The molecule has 0 bridgehead atoms. The van der Waals surface area contributed by atoms with E-state index in [1.165, 1.54) is 65.4 Å². The van der Waals surface area contributed by atoms with Crippen LogP contribution in [0.1, 0.15) is 45.4 Å². The molecule has 0 radical (unpaired) electrons. The van der Waals surface area contributed by atoms with Gasteiger partial charge in [-0.15, -0.1) is 0 Å². The smallest absolute Gasteiger partial charge is 0.0700 e. The Balaban J connectivity index is 1.64. The average Bonchev–Trinajstić information content (AvgIpc) is 3.09. The molecule has 0 unspecified atom stereocenters. The lowest BCUT2D eigenvalue weighted by atomic mass is 10.1. The minimum atomic E-state index is 0.766. The molecule has 1 heterocycles. The lowest BCUT2D eigenvalue weighted by Gasteiger charge is -2.17. The van der Waals surface area contributed by atoms with Crippen LogP contribution >= 0.6 is 0 Å². The molecule has 0 aliphatic heterocycles. The molecule has 3 aromatic carbocycles. The molecule has 0 aliphatic carbocycles. The predicted octanol–water partition coefficient (Wildman–Crippen LogP) is 7.68. The van der Waals surface area contributed by atoms with Gasteiger partial charge < -0.3 is 4.57 Å². The second kappa shape index (κ2) is 9.15. The van der Waals surface area contributed by atoms with E-state index in [0.717, 1.165) is 17.9 Å². The van der Waals surface area contributed by atoms with Crippen LogP contribution in [0.4, 0.5) is 11.4 Å². The van der Waals surface area contributed by atoms with Crippen LogP contribution in [0.25, 0.3) is 21.8 Å². The van der Waals surface area contributed by atoms with E-state index < -0.39 is 0 Å². The van der Waals surface area contributed by atoms with Gasteiger partial charge in [0, 0.05) is 28.4 Å². The third-order valence-corrected chi connectivity index (χ3v) is 5.74.